The van der Waals surface area contributed by atoms with Gasteiger partial charge in [-0.25, -0.2) is 4.39 Å². The Hall–Kier alpha value is -1.42. The van der Waals surface area contributed by atoms with Crippen LogP contribution in [0.25, 0.3) is 0 Å². The maximum absolute atomic E-state index is 13.5. The third kappa shape index (κ3) is 3.53. The van der Waals surface area contributed by atoms with Gasteiger partial charge in [-0.3, -0.25) is 4.79 Å². The molecule has 1 aromatic carbocycles. The summed E-state index contributed by atoms with van der Waals surface area (Å²) in [7, 11) is 0. The number of anilines is 1. The maximum atomic E-state index is 13.5. The van der Waals surface area contributed by atoms with Gasteiger partial charge in [0.05, 0.1) is 5.69 Å². The number of aryl methyl sites for hydroxylation is 1. The molecule has 4 heteroatoms. The number of hydrogen-bond donors (Lipinski definition) is 2. The molecule has 1 aliphatic rings. The van der Waals surface area contributed by atoms with E-state index in [1.807, 2.05) is 6.92 Å². The quantitative estimate of drug-likeness (QED) is 0.862. The molecular weight excluding hydrogens is 231 g/mol. The van der Waals surface area contributed by atoms with Crippen molar-refractivity contribution in [3.05, 3.63) is 29.6 Å². The summed E-state index contributed by atoms with van der Waals surface area (Å²) in [5.41, 5.74) is 1.12. The van der Waals surface area contributed by atoms with Crippen molar-refractivity contribution < 1.29 is 9.18 Å². The Labute approximate surface area is 107 Å². The lowest BCUT2D eigenvalue weighted by Crippen LogP contribution is -2.23. The summed E-state index contributed by atoms with van der Waals surface area (Å²) in [4.78, 5) is 11.7. The van der Waals surface area contributed by atoms with Crippen molar-refractivity contribution in [1.82, 2.24) is 5.32 Å². The van der Waals surface area contributed by atoms with Gasteiger partial charge in [-0.15, -0.1) is 0 Å². The molecule has 1 fully saturated rings. The zero-order valence-electron chi connectivity index (χ0n) is 10.6. The van der Waals surface area contributed by atoms with E-state index in [0.29, 0.717) is 12.5 Å². The first-order valence-electron chi connectivity index (χ1n) is 6.44. The Morgan fingerprint density at radius 3 is 3.06 bits per heavy atom. The van der Waals surface area contributed by atoms with Crippen LogP contribution in [0.2, 0.25) is 0 Å². The second kappa shape index (κ2) is 5.96. The minimum Gasteiger partial charge on any atom is -0.324 e. The number of halogens is 1. The monoisotopic (exact) mass is 250 g/mol. The molecule has 2 rings (SSSR count). The summed E-state index contributed by atoms with van der Waals surface area (Å²) in [6.45, 7) is 2.86. The van der Waals surface area contributed by atoms with Gasteiger partial charge in [0.2, 0.25) is 5.91 Å². The number of carbonyl (C=O) groups is 1. The van der Waals surface area contributed by atoms with E-state index in [9.17, 15) is 9.18 Å². The fourth-order valence-corrected chi connectivity index (χ4v) is 2.24. The van der Waals surface area contributed by atoms with Crippen LogP contribution in [0.15, 0.2) is 18.2 Å². The molecule has 0 bridgehead atoms. The molecule has 0 aromatic heterocycles. The first kappa shape index (κ1) is 13.0. The molecule has 2 N–H and O–H groups in total. The highest BCUT2D eigenvalue weighted by atomic mass is 19.1. The van der Waals surface area contributed by atoms with Crippen molar-refractivity contribution >= 4 is 11.6 Å². The number of amides is 1. The maximum Gasteiger partial charge on any atom is 0.224 e. The van der Waals surface area contributed by atoms with Gasteiger partial charge in [0.25, 0.3) is 0 Å². The first-order valence-corrected chi connectivity index (χ1v) is 6.44. The molecular formula is C14H19FN2O. The van der Waals surface area contributed by atoms with Gasteiger partial charge in [0.15, 0.2) is 0 Å². The average molecular weight is 250 g/mol. The summed E-state index contributed by atoms with van der Waals surface area (Å²) < 4.78 is 13.5. The molecule has 1 unspecified atom stereocenters. The van der Waals surface area contributed by atoms with Gasteiger partial charge >= 0.3 is 0 Å². The number of benzene rings is 1. The minimum absolute atomic E-state index is 0.119. The lowest BCUT2D eigenvalue weighted by atomic mass is 10.1. The number of carbonyl (C=O) groups excluding carboxylic acids is 1. The highest BCUT2D eigenvalue weighted by Crippen LogP contribution is 2.16. The standard InChI is InChI=1S/C14H19FN2O/c1-10-4-6-13(12(15)9-10)17-14(18)7-5-11-3-2-8-16-11/h4,6,9,11,16H,2-3,5,7-8H2,1H3,(H,17,18). The smallest absolute Gasteiger partial charge is 0.224 e. The van der Waals surface area contributed by atoms with Gasteiger partial charge in [-0.1, -0.05) is 6.07 Å². The summed E-state index contributed by atoms with van der Waals surface area (Å²) >= 11 is 0. The van der Waals surface area contributed by atoms with Crippen molar-refractivity contribution in [3.63, 3.8) is 0 Å². The topological polar surface area (TPSA) is 41.1 Å². The van der Waals surface area contributed by atoms with Crippen LogP contribution < -0.4 is 10.6 Å². The van der Waals surface area contributed by atoms with Crippen LogP contribution in [-0.4, -0.2) is 18.5 Å². The molecule has 98 valence electrons. The molecule has 3 nitrogen and oxygen atoms in total. The largest absolute Gasteiger partial charge is 0.324 e. The summed E-state index contributed by atoms with van der Waals surface area (Å²) in [5, 5.41) is 5.96. The van der Waals surface area contributed by atoms with Crippen LogP contribution in [0.1, 0.15) is 31.2 Å². The second-order valence-electron chi connectivity index (χ2n) is 4.86. The van der Waals surface area contributed by atoms with Crippen LogP contribution in [0.4, 0.5) is 10.1 Å². The van der Waals surface area contributed by atoms with E-state index in [0.717, 1.165) is 24.9 Å². The van der Waals surface area contributed by atoms with E-state index in [1.165, 1.54) is 12.5 Å². The Morgan fingerprint density at radius 2 is 2.39 bits per heavy atom. The Balaban J connectivity index is 1.82. The van der Waals surface area contributed by atoms with Crippen molar-refractivity contribution in [2.45, 2.75) is 38.6 Å². The first-order chi connectivity index (χ1) is 8.65. The van der Waals surface area contributed by atoms with Crippen LogP contribution in [0.5, 0.6) is 0 Å². The second-order valence-corrected chi connectivity index (χ2v) is 4.86. The highest BCUT2D eigenvalue weighted by molar-refractivity contribution is 5.90. The zero-order valence-corrected chi connectivity index (χ0v) is 10.6. The molecule has 1 heterocycles. The molecule has 1 atom stereocenters. The predicted octanol–water partition coefficient (Wildman–Crippen LogP) is 2.60. The van der Waals surface area contributed by atoms with E-state index in [1.54, 1.807) is 12.1 Å². The number of rotatable bonds is 4. The number of nitrogens with one attached hydrogen (secondary N) is 2. The van der Waals surface area contributed by atoms with E-state index in [4.69, 9.17) is 0 Å². The molecule has 1 saturated heterocycles. The zero-order chi connectivity index (χ0) is 13.0. The molecule has 0 aliphatic carbocycles. The summed E-state index contributed by atoms with van der Waals surface area (Å²) in [5.74, 6) is -0.492. The molecule has 1 aliphatic heterocycles. The SMILES string of the molecule is Cc1ccc(NC(=O)CCC2CCCN2)c(F)c1. The fourth-order valence-electron chi connectivity index (χ4n) is 2.24. The van der Waals surface area contributed by atoms with Gasteiger partial charge in [0.1, 0.15) is 5.82 Å². The third-order valence-corrected chi connectivity index (χ3v) is 3.28. The minimum atomic E-state index is -0.373. The van der Waals surface area contributed by atoms with Crippen molar-refractivity contribution in [1.29, 1.82) is 0 Å². The summed E-state index contributed by atoms with van der Waals surface area (Å²) in [6, 6.07) is 5.26. The van der Waals surface area contributed by atoms with Crippen molar-refractivity contribution in [2.24, 2.45) is 0 Å². The fraction of sp³-hybridized carbons (Fsp3) is 0.500. The molecule has 1 aromatic rings. The van der Waals surface area contributed by atoms with Gasteiger partial charge in [-0.2, -0.15) is 0 Å². The van der Waals surface area contributed by atoms with Gasteiger partial charge in [0, 0.05) is 12.5 Å². The predicted molar refractivity (Wildman–Crippen MR) is 70.0 cm³/mol. The number of hydrogen-bond acceptors (Lipinski definition) is 2. The van der Waals surface area contributed by atoms with E-state index >= 15 is 0 Å². The molecule has 1 amide bonds. The Morgan fingerprint density at radius 1 is 1.56 bits per heavy atom. The third-order valence-electron chi connectivity index (χ3n) is 3.28. The molecule has 0 spiro atoms. The van der Waals surface area contributed by atoms with E-state index in [-0.39, 0.29) is 17.4 Å². The van der Waals surface area contributed by atoms with Gasteiger partial charge in [-0.05, 0) is 50.4 Å². The van der Waals surface area contributed by atoms with E-state index < -0.39 is 0 Å². The summed E-state index contributed by atoms with van der Waals surface area (Å²) in [6.07, 6.45) is 3.56. The van der Waals surface area contributed by atoms with Gasteiger partial charge < -0.3 is 10.6 Å². The van der Waals surface area contributed by atoms with Crippen LogP contribution in [0, 0.1) is 12.7 Å². The highest BCUT2D eigenvalue weighted by Gasteiger charge is 2.15. The molecule has 0 radical (unpaired) electrons. The molecule has 0 saturated carbocycles. The van der Waals surface area contributed by atoms with Crippen LogP contribution in [0.3, 0.4) is 0 Å². The average Bonchev–Trinajstić information content (AvgIpc) is 2.83. The Bertz CT molecular complexity index is 428. The van der Waals surface area contributed by atoms with Crippen molar-refractivity contribution in [3.8, 4) is 0 Å². The van der Waals surface area contributed by atoms with Crippen LogP contribution >= 0.6 is 0 Å². The van der Waals surface area contributed by atoms with Crippen LogP contribution in [-0.2, 0) is 4.79 Å². The normalized spacial score (nSPS) is 18.9. The lowest BCUT2D eigenvalue weighted by molar-refractivity contribution is -0.116. The van der Waals surface area contributed by atoms with E-state index in [2.05, 4.69) is 10.6 Å². The Kier molecular flexibility index (Phi) is 4.31. The lowest BCUT2D eigenvalue weighted by Gasteiger charge is -2.10. The molecule has 18 heavy (non-hydrogen) atoms. The van der Waals surface area contributed by atoms with Crippen molar-refractivity contribution in [2.75, 3.05) is 11.9 Å².